The number of ether oxygens (including phenoxy) is 2. The Hall–Kier alpha value is -2.63. The van der Waals surface area contributed by atoms with Gasteiger partial charge < -0.3 is 14.8 Å². The van der Waals surface area contributed by atoms with Crippen LogP contribution in [0.25, 0.3) is 0 Å². The number of benzene rings is 1. The minimum Gasteiger partial charge on any atom is -0.454 e. The van der Waals surface area contributed by atoms with Crippen molar-refractivity contribution in [3.63, 3.8) is 0 Å². The highest BCUT2D eigenvalue weighted by Gasteiger charge is 2.23. The lowest BCUT2D eigenvalue weighted by atomic mass is 9.92. The highest BCUT2D eigenvalue weighted by atomic mass is 16.7. The SMILES string of the molecule is Cc1ncc2c(n1)CCC[C@H]2NC(=O)CCc1ccc2c(c1)OCO2. The van der Waals surface area contributed by atoms with Crippen LogP contribution in [0.3, 0.4) is 0 Å². The van der Waals surface area contributed by atoms with Crippen LogP contribution in [0.15, 0.2) is 24.4 Å². The number of aryl methyl sites for hydroxylation is 3. The first-order valence-corrected chi connectivity index (χ1v) is 8.69. The summed E-state index contributed by atoms with van der Waals surface area (Å²) in [5.41, 5.74) is 3.20. The molecule has 2 heterocycles. The number of hydrogen-bond acceptors (Lipinski definition) is 5. The lowest BCUT2D eigenvalue weighted by Gasteiger charge is -2.25. The maximum Gasteiger partial charge on any atom is 0.231 e. The Morgan fingerprint density at radius 2 is 2.20 bits per heavy atom. The molecular weight excluding hydrogens is 318 g/mol. The van der Waals surface area contributed by atoms with Gasteiger partial charge in [0.25, 0.3) is 0 Å². The number of aromatic nitrogens is 2. The Kier molecular flexibility index (Phi) is 4.26. The van der Waals surface area contributed by atoms with Gasteiger partial charge in [0, 0.05) is 23.9 Å². The number of rotatable bonds is 4. The summed E-state index contributed by atoms with van der Waals surface area (Å²) in [5.74, 6) is 2.36. The number of amides is 1. The van der Waals surface area contributed by atoms with Crippen LogP contribution in [-0.2, 0) is 17.6 Å². The van der Waals surface area contributed by atoms with Crippen molar-refractivity contribution in [2.75, 3.05) is 6.79 Å². The maximum absolute atomic E-state index is 12.4. The van der Waals surface area contributed by atoms with Gasteiger partial charge in [-0.2, -0.15) is 0 Å². The molecule has 2 aromatic rings. The normalized spacial score (nSPS) is 17.9. The van der Waals surface area contributed by atoms with Crippen LogP contribution in [0, 0.1) is 6.92 Å². The topological polar surface area (TPSA) is 73.3 Å². The van der Waals surface area contributed by atoms with Crippen molar-refractivity contribution in [3.05, 3.63) is 47.0 Å². The molecule has 0 saturated carbocycles. The molecule has 1 atom stereocenters. The molecule has 0 radical (unpaired) electrons. The molecule has 1 N–H and O–H groups in total. The summed E-state index contributed by atoms with van der Waals surface area (Å²) in [7, 11) is 0. The van der Waals surface area contributed by atoms with E-state index >= 15 is 0 Å². The number of nitrogens with zero attached hydrogens (tertiary/aromatic N) is 2. The van der Waals surface area contributed by atoms with Gasteiger partial charge in [0.1, 0.15) is 5.82 Å². The molecule has 4 rings (SSSR count). The van der Waals surface area contributed by atoms with Crippen molar-refractivity contribution in [2.24, 2.45) is 0 Å². The molecule has 0 saturated heterocycles. The first-order chi connectivity index (χ1) is 12.2. The summed E-state index contributed by atoms with van der Waals surface area (Å²) in [6.45, 7) is 2.16. The van der Waals surface area contributed by atoms with E-state index in [2.05, 4.69) is 15.3 Å². The molecule has 1 aromatic carbocycles. The van der Waals surface area contributed by atoms with Crippen LogP contribution >= 0.6 is 0 Å². The number of carbonyl (C=O) groups excluding carboxylic acids is 1. The van der Waals surface area contributed by atoms with Gasteiger partial charge in [-0.15, -0.1) is 0 Å². The average Bonchev–Trinajstić information content (AvgIpc) is 3.07. The molecule has 0 fully saturated rings. The largest absolute Gasteiger partial charge is 0.454 e. The third-order valence-electron chi connectivity index (χ3n) is 4.72. The lowest BCUT2D eigenvalue weighted by molar-refractivity contribution is -0.121. The van der Waals surface area contributed by atoms with Crippen molar-refractivity contribution in [1.82, 2.24) is 15.3 Å². The highest BCUT2D eigenvalue weighted by Crippen LogP contribution is 2.33. The van der Waals surface area contributed by atoms with Gasteiger partial charge in [0.15, 0.2) is 11.5 Å². The van der Waals surface area contributed by atoms with Crippen LogP contribution in [0.2, 0.25) is 0 Å². The van der Waals surface area contributed by atoms with Crippen molar-refractivity contribution in [2.45, 2.75) is 45.1 Å². The second kappa shape index (κ2) is 6.70. The van der Waals surface area contributed by atoms with E-state index in [1.54, 1.807) is 0 Å². The molecule has 1 amide bonds. The monoisotopic (exact) mass is 339 g/mol. The quantitative estimate of drug-likeness (QED) is 0.927. The van der Waals surface area contributed by atoms with Gasteiger partial charge in [-0.1, -0.05) is 6.07 Å². The summed E-state index contributed by atoms with van der Waals surface area (Å²) in [5, 5.41) is 3.14. The first-order valence-electron chi connectivity index (χ1n) is 8.69. The van der Waals surface area contributed by atoms with Crippen LogP contribution in [0.5, 0.6) is 11.5 Å². The van der Waals surface area contributed by atoms with Crippen LogP contribution in [0.1, 0.15) is 47.9 Å². The van der Waals surface area contributed by atoms with E-state index in [1.807, 2.05) is 31.3 Å². The van der Waals surface area contributed by atoms with E-state index in [0.717, 1.165) is 53.4 Å². The van der Waals surface area contributed by atoms with Crippen LogP contribution in [0.4, 0.5) is 0 Å². The molecule has 130 valence electrons. The minimum atomic E-state index is 0.0219. The zero-order valence-electron chi connectivity index (χ0n) is 14.2. The minimum absolute atomic E-state index is 0.0219. The van der Waals surface area contributed by atoms with E-state index in [-0.39, 0.29) is 18.7 Å². The number of carbonyl (C=O) groups is 1. The molecule has 6 nitrogen and oxygen atoms in total. The molecule has 1 aliphatic carbocycles. The van der Waals surface area contributed by atoms with E-state index in [4.69, 9.17) is 9.47 Å². The second-order valence-electron chi connectivity index (χ2n) is 6.52. The van der Waals surface area contributed by atoms with E-state index in [1.165, 1.54) is 0 Å². The summed E-state index contributed by atoms with van der Waals surface area (Å²) >= 11 is 0. The Morgan fingerprint density at radius 3 is 3.12 bits per heavy atom. The standard InChI is InChI=1S/C19H21N3O3/c1-12-20-10-14-15(21-12)3-2-4-16(14)22-19(23)8-6-13-5-7-17-18(9-13)25-11-24-17/h5,7,9-10,16H,2-4,6,8,11H2,1H3,(H,22,23)/t16-/m1/s1. The number of fused-ring (bicyclic) bond motifs is 2. The average molecular weight is 339 g/mol. The fourth-order valence-electron chi connectivity index (χ4n) is 3.42. The summed E-state index contributed by atoms with van der Waals surface area (Å²) in [4.78, 5) is 21.2. The van der Waals surface area contributed by atoms with E-state index in [0.29, 0.717) is 12.8 Å². The van der Waals surface area contributed by atoms with Crippen LogP contribution in [-0.4, -0.2) is 22.7 Å². The zero-order chi connectivity index (χ0) is 17.2. The van der Waals surface area contributed by atoms with Gasteiger partial charge in [-0.3, -0.25) is 4.79 Å². The molecule has 1 aromatic heterocycles. The molecule has 0 bridgehead atoms. The van der Waals surface area contributed by atoms with E-state index in [9.17, 15) is 4.79 Å². The molecule has 2 aliphatic rings. The zero-order valence-corrected chi connectivity index (χ0v) is 14.2. The molecule has 0 spiro atoms. The molecule has 0 unspecified atom stereocenters. The molecule has 25 heavy (non-hydrogen) atoms. The summed E-state index contributed by atoms with van der Waals surface area (Å²) in [6.07, 6.45) is 5.91. The number of nitrogens with one attached hydrogen (secondary N) is 1. The predicted molar refractivity (Wildman–Crippen MR) is 91.5 cm³/mol. The van der Waals surface area contributed by atoms with Crippen molar-refractivity contribution >= 4 is 5.91 Å². The highest BCUT2D eigenvalue weighted by molar-refractivity contribution is 5.76. The fraction of sp³-hybridized carbons (Fsp3) is 0.421. The third-order valence-corrected chi connectivity index (χ3v) is 4.72. The van der Waals surface area contributed by atoms with Gasteiger partial charge in [0.2, 0.25) is 12.7 Å². The van der Waals surface area contributed by atoms with Gasteiger partial charge >= 0.3 is 0 Å². The second-order valence-corrected chi connectivity index (χ2v) is 6.52. The van der Waals surface area contributed by atoms with Gasteiger partial charge in [-0.05, 0) is 50.3 Å². The van der Waals surface area contributed by atoms with Crippen molar-refractivity contribution in [3.8, 4) is 11.5 Å². The Morgan fingerprint density at radius 1 is 1.32 bits per heavy atom. The fourth-order valence-corrected chi connectivity index (χ4v) is 3.42. The first kappa shape index (κ1) is 15.9. The van der Waals surface area contributed by atoms with Gasteiger partial charge in [-0.25, -0.2) is 9.97 Å². The molecule has 1 aliphatic heterocycles. The van der Waals surface area contributed by atoms with Gasteiger partial charge in [0.05, 0.1) is 6.04 Å². The smallest absolute Gasteiger partial charge is 0.231 e. The third kappa shape index (κ3) is 3.43. The van der Waals surface area contributed by atoms with Crippen LogP contribution < -0.4 is 14.8 Å². The van der Waals surface area contributed by atoms with E-state index < -0.39 is 0 Å². The molecular formula is C19H21N3O3. The van der Waals surface area contributed by atoms with Crippen molar-refractivity contribution in [1.29, 1.82) is 0 Å². The Bertz CT molecular complexity index is 806. The molecule has 6 heteroatoms. The summed E-state index contributed by atoms with van der Waals surface area (Å²) in [6, 6.07) is 5.84. The Labute approximate surface area is 146 Å². The lowest BCUT2D eigenvalue weighted by Crippen LogP contribution is -2.31. The maximum atomic E-state index is 12.4. The number of hydrogen-bond donors (Lipinski definition) is 1. The Balaban J connectivity index is 1.37. The summed E-state index contributed by atoms with van der Waals surface area (Å²) < 4.78 is 10.7. The van der Waals surface area contributed by atoms with Crippen molar-refractivity contribution < 1.29 is 14.3 Å². The predicted octanol–water partition coefficient (Wildman–Crippen LogP) is 2.64.